The fourth-order valence-electron chi connectivity index (χ4n) is 2.60. The number of anilines is 2. The van der Waals surface area contributed by atoms with E-state index in [2.05, 4.69) is 15.3 Å². The Bertz CT molecular complexity index is 1010. The Kier molecular flexibility index (Phi) is 5.87. The van der Waals surface area contributed by atoms with Gasteiger partial charge in [-0.05, 0) is 43.3 Å². The van der Waals surface area contributed by atoms with Crippen molar-refractivity contribution >= 4 is 28.2 Å². The Balaban J connectivity index is 1.66. The maximum absolute atomic E-state index is 12.4. The number of aromatic nitrogens is 2. The average Bonchev–Trinajstić information content (AvgIpc) is 3.07. The summed E-state index contributed by atoms with van der Waals surface area (Å²) in [6.07, 6.45) is 1.48. The van der Waals surface area contributed by atoms with Crippen molar-refractivity contribution in [2.45, 2.75) is 6.92 Å². The Hall–Kier alpha value is -3.44. The summed E-state index contributed by atoms with van der Waals surface area (Å²) < 4.78 is 5.18. The lowest BCUT2D eigenvalue weighted by atomic mass is 10.1. The van der Waals surface area contributed by atoms with Crippen molar-refractivity contribution in [2.24, 2.45) is 0 Å². The third-order valence-electron chi connectivity index (χ3n) is 4.06. The predicted molar refractivity (Wildman–Crippen MR) is 110 cm³/mol. The molecule has 0 radical (unpaired) electrons. The van der Waals surface area contributed by atoms with E-state index in [4.69, 9.17) is 10.00 Å². The fraction of sp³-hybridized carbons (Fsp3) is 0.200. The summed E-state index contributed by atoms with van der Waals surface area (Å²) in [7, 11) is 3.39. The molecule has 0 aliphatic rings. The summed E-state index contributed by atoms with van der Waals surface area (Å²) in [5, 5.41) is 12.2. The van der Waals surface area contributed by atoms with Gasteiger partial charge in [0.1, 0.15) is 17.6 Å². The second-order valence-electron chi connectivity index (χ2n) is 6.07. The molecule has 8 heteroatoms. The second-order valence-corrected chi connectivity index (χ2v) is 7.28. The Labute approximate surface area is 167 Å². The van der Waals surface area contributed by atoms with E-state index in [0.29, 0.717) is 16.5 Å². The van der Waals surface area contributed by atoms with Crippen LogP contribution in [0.2, 0.25) is 0 Å². The van der Waals surface area contributed by atoms with Crippen LogP contribution in [0.4, 0.5) is 10.9 Å². The molecule has 1 aromatic carbocycles. The third kappa shape index (κ3) is 4.45. The van der Waals surface area contributed by atoms with Crippen molar-refractivity contribution < 1.29 is 9.53 Å². The lowest BCUT2D eigenvalue weighted by Crippen LogP contribution is -2.30. The van der Waals surface area contributed by atoms with Gasteiger partial charge in [0.25, 0.3) is 0 Å². The zero-order chi connectivity index (χ0) is 20.1. The standard InChI is InChI=1S/C20H19N5O2S/c1-13-19(15-5-7-16(27-3)8-6-15)24-20(28-13)23-18(26)12-25(2)17-9-4-14(10-21)11-22-17/h4-9,11H,12H2,1-3H3,(H,23,24,26). The second kappa shape index (κ2) is 8.50. The molecule has 0 saturated carbocycles. The minimum atomic E-state index is -0.191. The molecule has 142 valence electrons. The first-order chi connectivity index (χ1) is 13.5. The number of pyridine rings is 1. The topological polar surface area (TPSA) is 91.1 Å². The van der Waals surface area contributed by atoms with Gasteiger partial charge in [0.15, 0.2) is 5.13 Å². The summed E-state index contributed by atoms with van der Waals surface area (Å²) in [6.45, 7) is 2.09. The predicted octanol–water partition coefficient (Wildman–Crippen LogP) is 3.47. The van der Waals surface area contributed by atoms with Crippen molar-refractivity contribution in [1.82, 2.24) is 9.97 Å². The first kappa shape index (κ1) is 19.3. The van der Waals surface area contributed by atoms with Crippen LogP contribution in [0.25, 0.3) is 11.3 Å². The molecule has 2 heterocycles. The number of carbonyl (C=O) groups is 1. The maximum Gasteiger partial charge on any atom is 0.245 e. The van der Waals surface area contributed by atoms with Gasteiger partial charge in [-0.25, -0.2) is 9.97 Å². The number of nitriles is 1. The van der Waals surface area contributed by atoms with Crippen molar-refractivity contribution in [1.29, 1.82) is 5.26 Å². The van der Waals surface area contributed by atoms with E-state index in [1.54, 1.807) is 31.2 Å². The number of rotatable bonds is 6. The molecule has 0 unspecified atom stereocenters. The van der Waals surface area contributed by atoms with Crippen LogP contribution in [0.1, 0.15) is 10.4 Å². The molecule has 0 fully saturated rings. The monoisotopic (exact) mass is 393 g/mol. The smallest absolute Gasteiger partial charge is 0.245 e. The largest absolute Gasteiger partial charge is 0.497 e. The van der Waals surface area contributed by atoms with Crippen LogP contribution in [0.5, 0.6) is 5.75 Å². The van der Waals surface area contributed by atoms with Crippen LogP contribution in [0.3, 0.4) is 0 Å². The Morgan fingerprint density at radius 2 is 2.04 bits per heavy atom. The van der Waals surface area contributed by atoms with Crippen LogP contribution >= 0.6 is 11.3 Å². The fourth-order valence-corrected chi connectivity index (χ4v) is 3.45. The molecule has 0 spiro atoms. The number of carbonyl (C=O) groups excluding carboxylic acids is 1. The van der Waals surface area contributed by atoms with Gasteiger partial charge in [0.2, 0.25) is 5.91 Å². The molecule has 1 N–H and O–H groups in total. The molecule has 0 bridgehead atoms. The normalized spacial score (nSPS) is 10.2. The van der Waals surface area contributed by atoms with Crippen LogP contribution in [0, 0.1) is 18.3 Å². The molecule has 1 amide bonds. The molecule has 3 rings (SSSR count). The zero-order valence-corrected chi connectivity index (χ0v) is 16.6. The molecule has 0 atom stereocenters. The van der Waals surface area contributed by atoms with E-state index < -0.39 is 0 Å². The van der Waals surface area contributed by atoms with Crippen molar-refractivity contribution in [3.05, 3.63) is 53.0 Å². The van der Waals surface area contributed by atoms with Crippen molar-refractivity contribution in [3.8, 4) is 23.1 Å². The Morgan fingerprint density at radius 3 is 2.64 bits per heavy atom. The summed E-state index contributed by atoms with van der Waals surface area (Å²) >= 11 is 1.43. The van der Waals surface area contributed by atoms with E-state index in [0.717, 1.165) is 21.9 Å². The molecular formula is C20H19N5O2S. The van der Waals surface area contributed by atoms with Gasteiger partial charge in [-0.15, -0.1) is 11.3 Å². The lowest BCUT2D eigenvalue weighted by molar-refractivity contribution is -0.114. The summed E-state index contributed by atoms with van der Waals surface area (Å²) in [6, 6.07) is 13.0. The quantitative estimate of drug-likeness (QED) is 0.690. The molecule has 0 aliphatic heterocycles. The minimum absolute atomic E-state index is 0.120. The number of thiazole rings is 1. The van der Waals surface area contributed by atoms with E-state index >= 15 is 0 Å². The summed E-state index contributed by atoms with van der Waals surface area (Å²) in [5.41, 5.74) is 2.28. The van der Waals surface area contributed by atoms with Crippen LogP contribution in [-0.2, 0) is 4.79 Å². The average molecular weight is 393 g/mol. The number of methoxy groups -OCH3 is 1. The van der Waals surface area contributed by atoms with E-state index in [1.165, 1.54) is 17.5 Å². The van der Waals surface area contributed by atoms with Gasteiger partial charge in [0, 0.05) is 23.7 Å². The van der Waals surface area contributed by atoms with E-state index in [9.17, 15) is 4.79 Å². The van der Waals surface area contributed by atoms with E-state index in [1.807, 2.05) is 37.3 Å². The van der Waals surface area contributed by atoms with Crippen LogP contribution < -0.4 is 15.0 Å². The number of hydrogen-bond donors (Lipinski definition) is 1. The number of benzene rings is 1. The number of ether oxygens (including phenoxy) is 1. The first-order valence-electron chi connectivity index (χ1n) is 8.49. The van der Waals surface area contributed by atoms with Gasteiger partial charge >= 0.3 is 0 Å². The summed E-state index contributed by atoms with van der Waals surface area (Å²) in [4.78, 5) is 23.8. The van der Waals surface area contributed by atoms with Gasteiger partial charge in [-0.1, -0.05) is 0 Å². The van der Waals surface area contributed by atoms with Crippen LogP contribution in [0.15, 0.2) is 42.6 Å². The lowest BCUT2D eigenvalue weighted by Gasteiger charge is -2.16. The molecule has 0 saturated heterocycles. The number of hydrogen-bond acceptors (Lipinski definition) is 7. The van der Waals surface area contributed by atoms with Crippen molar-refractivity contribution in [3.63, 3.8) is 0 Å². The number of aryl methyl sites for hydroxylation is 1. The number of amides is 1. The summed E-state index contributed by atoms with van der Waals surface area (Å²) in [5.74, 6) is 1.21. The van der Waals surface area contributed by atoms with Crippen molar-refractivity contribution in [2.75, 3.05) is 30.9 Å². The van der Waals surface area contributed by atoms with E-state index in [-0.39, 0.29) is 12.5 Å². The Morgan fingerprint density at radius 1 is 1.29 bits per heavy atom. The van der Waals surface area contributed by atoms with Gasteiger partial charge in [-0.3, -0.25) is 4.79 Å². The molecule has 7 nitrogen and oxygen atoms in total. The van der Waals surface area contributed by atoms with Gasteiger partial charge in [-0.2, -0.15) is 5.26 Å². The molecule has 2 aromatic heterocycles. The minimum Gasteiger partial charge on any atom is -0.497 e. The highest BCUT2D eigenvalue weighted by atomic mass is 32.1. The van der Waals surface area contributed by atoms with Crippen LogP contribution in [-0.4, -0.2) is 36.6 Å². The highest BCUT2D eigenvalue weighted by Crippen LogP contribution is 2.31. The molecule has 0 aliphatic carbocycles. The number of likely N-dealkylation sites (N-methyl/N-ethyl adjacent to an activating group) is 1. The number of nitrogens with zero attached hydrogens (tertiary/aromatic N) is 4. The number of nitrogens with one attached hydrogen (secondary N) is 1. The van der Waals surface area contributed by atoms with Gasteiger partial charge in [0.05, 0.1) is 24.9 Å². The third-order valence-corrected chi connectivity index (χ3v) is 4.94. The SMILES string of the molecule is COc1ccc(-c2nc(NC(=O)CN(C)c3ccc(C#N)cn3)sc2C)cc1. The molecule has 3 aromatic rings. The zero-order valence-electron chi connectivity index (χ0n) is 15.8. The first-order valence-corrected chi connectivity index (χ1v) is 9.31. The van der Waals surface area contributed by atoms with Gasteiger partial charge < -0.3 is 15.0 Å². The maximum atomic E-state index is 12.4. The highest BCUT2D eigenvalue weighted by molar-refractivity contribution is 7.16. The molecular weight excluding hydrogens is 374 g/mol. The molecule has 28 heavy (non-hydrogen) atoms. The highest BCUT2D eigenvalue weighted by Gasteiger charge is 2.14.